The van der Waals surface area contributed by atoms with E-state index in [1.165, 1.54) is 5.56 Å². The average molecular weight is 277 g/mol. The zero-order chi connectivity index (χ0) is 14.4. The Morgan fingerprint density at radius 1 is 1.19 bits per heavy atom. The van der Waals surface area contributed by atoms with Crippen LogP contribution >= 0.6 is 0 Å². The summed E-state index contributed by atoms with van der Waals surface area (Å²) in [6.07, 6.45) is 2.69. The monoisotopic (exact) mass is 277 g/mol. The number of hydrogen-bond acceptors (Lipinski definition) is 2. The maximum atomic E-state index is 12.8. The molecular weight excluding hydrogens is 262 g/mol. The zero-order valence-electron chi connectivity index (χ0n) is 11.8. The van der Waals surface area contributed by atoms with Crippen molar-refractivity contribution < 1.29 is 4.79 Å². The van der Waals surface area contributed by atoms with Gasteiger partial charge in [0.25, 0.3) is 5.91 Å². The average Bonchev–Trinajstić information content (AvgIpc) is 3.10. The van der Waals surface area contributed by atoms with Gasteiger partial charge in [-0.05, 0) is 36.2 Å². The fraction of sp³-hybridized carbons (Fsp3) is 0.176. The van der Waals surface area contributed by atoms with Crippen molar-refractivity contribution in [3.8, 4) is 0 Å². The number of aryl methyl sites for hydroxylation is 1. The van der Waals surface area contributed by atoms with E-state index in [1.807, 2.05) is 52.9 Å². The molecule has 0 spiro atoms. The number of hydrogen-bond donors (Lipinski definition) is 0. The van der Waals surface area contributed by atoms with Crippen LogP contribution in [0.2, 0.25) is 0 Å². The summed E-state index contributed by atoms with van der Waals surface area (Å²) in [7, 11) is 1.94. The summed E-state index contributed by atoms with van der Waals surface area (Å²) in [5.41, 5.74) is 4.88. The highest BCUT2D eigenvalue weighted by Crippen LogP contribution is 2.29. The van der Waals surface area contributed by atoms with Crippen LogP contribution in [0.5, 0.6) is 0 Å². The summed E-state index contributed by atoms with van der Waals surface area (Å²) in [6.45, 7) is 0.752. The highest BCUT2D eigenvalue weighted by Gasteiger charge is 2.25. The number of nitrogens with zero attached hydrogens (tertiary/aromatic N) is 3. The molecule has 104 valence electrons. The predicted octanol–water partition coefficient (Wildman–Crippen LogP) is 2.78. The smallest absolute Gasteiger partial charge is 0.258 e. The van der Waals surface area contributed by atoms with Crippen LogP contribution in [-0.4, -0.2) is 22.0 Å². The van der Waals surface area contributed by atoms with Crippen molar-refractivity contribution in [3.05, 3.63) is 59.9 Å². The van der Waals surface area contributed by atoms with E-state index >= 15 is 0 Å². The van der Waals surface area contributed by atoms with Gasteiger partial charge in [0.15, 0.2) is 0 Å². The van der Waals surface area contributed by atoms with E-state index in [-0.39, 0.29) is 5.91 Å². The third kappa shape index (κ3) is 1.83. The molecule has 0 saturated carbocycles. The van der Waals surface area contributed by atoms with Crippen LogP contribution in [0.4, 0.5) is 5.69 Å². The molecule has 1 aliphatic rings. The molecule has 2 aromatic carbocycles. The van der Waals surface area contributed by atoms with Crippen LogP contribution in [0.25, 0.3) is 11.0 Å². The van der Waals surface area contributed by atoms with Gasteiger partial charge >= 0.3 is 0 Å². The van der Waals surface area contributed by atoms with Crippen molar-refractivity contribution in [2.75, 3.05) is 11.4 Å². The maximum absolute atomic E-state index is 12.8. The number of anilines is 1. The molecule has 0 unspecified atom stereocenters. The molecule has 0 atom stereocenters. The Morgan fingerprint density at radius 3 is 2.95 bits per heavy atom. The molecule has 3 aromatic rings. The summed E-state index contributed by atoms with van der Waals surface area (Å²) < 4.78 is 1.93. The Balaban J connectivity index is 1.75. The van der Waals surface area contributed by atoms with E-state index < -0.39 is 0 Å². The van der Waals surface area contributed by atoms with Gasteiger partial charge in [-0.25, -0.2) is 4.98 Å². The standard InChI is InChI=1S/C17H15N3O/c1-19-11-18-14-7-6-13(10-16(14)19)17(21)20-9-8-12-4-2-3-5-15(12)20/h2-7,10-11H,8-9H2,1H3. The minimum absolute atomic E-state index is 0.0584. The van der Waals surface area contributed by atoms with Crippen molar-refractivity contribution in [2.45, 2.75) is 6.42 Å². The van der Waals surface area contributed by atoms with Crippen LogP contribution in [0.3, 0.4) is 0 Å². The van der Waals surface area contributed by atoms with Crippen LogP contribution in [0.15, 0.2) is 48.8 Å². The molecule has 0 fully saturated rings. The number of imidazole rings is 1. The highest BCUT2D eigenvalue weighted by molar-refractivity contribution is 6.08. The molecule has 4 heteroatoms. The number of amides is 1. The topological polar surface area (TPSA) is 38.1 Å². The molecule has 0 bridgehead atoms. The van der Waals surface area contributed by atoms with Gasteiger partial charge < -0.3 is 9.47 Å². The Kier molecular flexibility index (Phi) is 2.57. The molecule has 0 saturated heterocycles. The molecule has 4 rings (SSSR count). The summed E-state index contributed by atoms with van der Waals surface area (Å²) in [4.78, 5) is 18.9. The number of carbonyl (C=O) groups is 1. The fourth-order valence-corrected chi connectivity index (χ4v) is 2.96. The molecule has 0 radical (unpaired) electrons. The van der Waals surface area contributed by atoms with E-state index in [2.05, 4.69) is 11.1 Å². The second kappa shape index (κ2) is 4.45. The van der Waals surface area contributed by atoms with E-state index in [4.69, 9.17) is 0 Å². The van der Waals surface area contributed by atoms with Gasteiger partial charge in [-0.15, -0.1) is 0 Å². The predicted molar refractivity (Wildman–Crippen MR) is 82.5 cm³/mol. The number of para-hydroxylation sites is 1. The summed E-state index contributed by atoms with van der Waals surface area (Å²) in [6, 6.07) is 13.8. The molecular formula is C17H15N3O. The van der Waals surface area contributed by atoms with Crippen molar-refractivity contribution in [2.24, 2.45) is 7.05 Å². The molecule has 21 heavy (non-hydrogen) atoms. The lowest BCUT2D eigenvalue weighted by Gasteiger charge is -2.17. The first-order valence-electron chi connectivity index (χ1n) is 7.05. The number of rotatable bonds is 1. The third-order valence-corrected chi connectivity index (χ3v) is 4.10. The lowest BCUT2D eigenvalue weighted by molar-refractivity contribution is 0.0989. The molecule has 4 nitrogen and oxygen atoms in total. The molecule has 2 heterocycles. The van der Waals surface area contributed by atoms with Gasteiger partial charge in [-0.2, -0.15) is 0 Å². The van der Waals surface area contributed by atoms with Crippen molar-refractivity contribution in [1.29, 1.82) is 0 Å². The van der Waals surface area contributed by atoms with E-state index in [9.17, 15) is 4.79 Å². The molecule has 1 aromatic heterocycles. The summed E-state index contributed by atoms with van der Waals surface area (Å²) in [5.74, 6) is 0.0584. The summed E-state index contributed by atoms with van der Waals surface area (Å²) in [5, 5.41) is 0. The zero-order valence-corrected chi connectivity index (χ0v) is 11.8. The van der Waals surface area contributed by atoms with Crippen LogP contribution in [0.1, 0.15) is 15.9 Å². The van der Waals surface area contributed by atoms with Crippen molar-refractivity contribution in [1.82, 2.24) is 9.55 Å². The van der Waals surface area contributed by atoms with Gasteiger partial charge in [0.05, 0.1) is 17.4 Å². The van der Waals surface area contributed by atoms with E-state index in [0.29, 0.717) is 5.56 Å². The quantitative estimate of drug-likeness (QED) is 0.686. The molecule has 1 amide bonds. The first kappa shape index (κ1) is 12.1. The van der Waals surface area contributed by atoms with Crippen LogP contribution in [-0.2, 0) is 13.5 Å². The number of aromatic nitrogens is 2. The minimum Gasteiger partial charge on any atom is -0.334 e. The first-order valence-corrected chi connectivity index (χ1v) is 7.05. The van der Waals surface area contributed by atoms with Gasteiger partial charge in [0, 0.05) is 24.8 Å². The van der Waals surface area contributed by atoms with Gasteiger partial charge in [0.2, 0.25) is 0 Å². The fourth-order valence-electron chi connectivity index (χ4n) is 2.96. The molecule has 0 aliphatic carbocycles. The second-order valence-electron chi connectivity index (χ2n) is 5.39. The minimum atomic E-state index is 0.0584. The normalized spacial score (nSPS) is 13.7. The number of carbonyl (C=O) groups excluding carboxylic acids is 1. The Hall–Kier alpha value is -2.62. The Labute approximate surface area is 122 Å². The van der Waals surface area contributed by atoms with Crippen molar-refractivity contribution >= 4 is 22.6 Å². The number of benzene rings is 2. The lowest BCUT2D eigenvalue weighted by atomic mass is 10.1. The SMILES string of the molecule is Cn1cnc2ccc(C(=O)N3CCc4ccccc43)cc21. The first-order chi connectivity index (χ1) is 10.2. The molecule has 1 aliphatic heterocycles. The summed E-state index contributed by atoms with van der Waals surface area (Å²) >= 11 is 0. The highest BCUT2D eigenvalue weighted by atomic mass is 16.2. The Morgan fingerprint density at radius 2 is 2.05 bits per heavy atom. The van der Waals surface area contributed by atoms with Gasteiger partial charge in [-0.3, -0.25) is 4.79 Å². The van der Waals surface area contributed by atoms with Gasteiger partial charge in [0.1, 0.15) is 0 Å². The van der Waals surface area contributed by atoms with Crippen molar-refractivity contribution in [3.63, 3.8) is 0 Å². The Bertz CT molecular complexity index is 850. The third-order valence-electron chi connectivity index (χ3n) is 4.10. The van der Waals surface area contributed by atoms with E-state index in [1.54, 1.807) is 6.33 Å². The largest absolute Gasteiger partial charge is 0.334 e. The molecule has 0 N–H and O–H groups in total. The maximum Gasteiger partial charge on any atom is 0.258 e. The van der Waals surface area contributed by atoms with E-state index in [0.717, 1.165) is 29.7 Å². The number of fused-ring (bicyclic) bond motifs is 2. The van der Waals surface area contributed by atoms with Gasteiger partial charge in [-0.1, -0.05) is 18.2 Å². The van der Waals surface area contributed by atoms with Crippen LogP contribution in [0, 0.1) is 0 Å². The second-order valence-corrected chi connectivity index (χ2v) is 5.39. The van der Waals surface area contributed by atoms with Crippen LogP contribution < -0.4 is 4.90 Å². The lowest BCUT2D eigenvalue weighted by Crippen LogP contribution is -2.28.